The average molecular weight is 1090 g/mol. The van der Waals surface area contributed by atoms with Crippen LogP contribution in [0.15, 0.2) is 29.8 Å². The summed E-state index contributed by atoms with van der Waals surface area (Å²) >= 11 is 1.16. The molecule has 3 amide bonds. The molecule has 16 nitrogen and oxygen atoms in total. The fourth-order valence-corrected chi connectivity index (χ4v) is 13.7. The number of esters is 1. The minimum absolute atomic E-state index is 0.0310. The van der Waals surface area contributed by atoms with Crippen molar-refractivity contribution in [3.8, 4) is 22.5 Å². The molecule has 6 bridgehead atoms. The summed E-state index contributed by atoms with van der Waals surface area (Å²) in [4.78, 5) is 76.2. The Morgan fingerprint density at radius 1 is 1.00 bits per heavy atom. The fraction of sp³-hybridized carbons (Fsp3) is 0.643. The number of halogens is 4. The Morgan fingerprint density at radius 3 is 2.43 bits per heavy atom. The van der Waals surface area contributed by atoms with Gasteiger partial charge in [0.2, 0.25) is 11.8 Å². The number of nitrogens with one attached hydrogen (secondary N) is 2. The highest BCUT2D eigenvalue weighted by Crippen LogP contribution is 2.48. The lowest BCUT2D eigenvalue weighted by atomic mass is 9.93. The molecule has 4 aliphatic heterocycles. The maximum atomic E-state index is 17.1. The lowest BCUT2D eigenvalue weighted by molar-refractivity contribution is -0.155. The topological polar surface area (TPSA) is 157 Å². The standard InChI is InChI=1S/C56H72F4N10O6S/c1-31(75-6)46-38(22-35(27-61-46)68-20-18-67(19-21-68)34-15-16-34)49-39(26-56(58,59)60)36-23-40(57)37-24-44(36)69(49)29-55(2,3)30-76-54(74)41-12-9-17-70(64-41)52(72)42(25-45-62-43(37)28-77-45)63-51(71)48(32-10-7-8-11-32)66(5)53(73)50-47(65(50)4)33-13-14-33/h22-24,27-28,31-34,41-42,47-48,50,64H,7-21,25-26,29-30H2,1-6H3,(H,63,71)/t31-,41-,42-,47+,48-,50+,65?/m0/s1. The van der Waals surface area contributed by atoms with Crippen molar-refractivity contribution in [1.29, 1.82) is 0 Å². The smallest absolute Gasteiger partial charge is 0.393 e. The normalized spacial score (nSPS) is 26.3. The SMILES string of the molecule is CO[C@@H](C)c1ncc(N2CCN(C3CC3)CC2)cc1-c1c(CC(F)(F)F)c2cc(F)c3cc2n1CC(C)(C)COC(=O)[C@@H]1CCCN(N1)C(=O)[C@@H](NC(=O)[C@H](C1CCCC1)N(C)C(=O)[C@H]1[C@@H](C2CC2)N1C)Cc1nc-3cs1. The zero-order valence-electron chi connectivity index (χ0n) is 45.0. The number of benzene rings is 1. The molecule has 3 aromatic heterocycles. The van der Waals surface area contributed by atoms with E-state index in [0.29, 0.717) is 59.7 Å². The number of hydrogen-bond acceptors (Lipinski definition) is 13. The number of piperazine rings is 1. The van der Waals surface area contributed by atoms with E-state index in [4.69, 9.17) is 19.4 Å². The van der Waals surface area contributed by atoms with Crippen LogP contribution in [0.4, 0.5) is 23.2 Å². The molecule has 3 aliphatic carbocycles. The average Bonchev–Trinajstić information content (AvgIpc) is 4.48. The van der Waals surface area contributed by atoms with Crippen molar-refractivity contribution in [1.82, 2.24) is 45.0 Å². The van der Waals surface area contributed by atoms with Crippen molar-refractivity contribution in [2.75, 3.05) is 65.4 Å². The summed E-state index contributed by atoms with van der Waals surface area (Å²) in [6.07, 6.45) is 3.56. The molecule has 21 heteroatoms. The quantitative estimate of drug-likeness (QED) is 0.0832. The number of carbonyl (C=O) groups is 4. The number of thiazole rings is 1. The molecule has 3 saturated carbocycles. The van der Waals surface area contributed by atoms with Gasteiger partial charge >= 0.3 is 12.1 Å². The van der Waals surface area contributed by atoms with E-state index in [2.05, 4.69) is 25.4 Å². The van der Waals surface area contributed by atoms with Crippen molar-refractivity contribution >= 4 is 51.6 Å². The van der Waals surface area contributed by atoms with Crippen LogP contribution in [0.5, 0.6) is 0 Å². The molecule has 1 aromatic carbocycles. The Labute approximate surface area is 451 Å². The number of cyclic esters (lactones) is 1. The van der Waals surface area contributed by atoms with E-state index in [0.717, 1.165) is 74.7 Å². The number of likely N-dealkylation sites (N-methyl/N-ethyl adjacent to an activating group) is 2. The van der Waals surface area contributed by atoms with Gasteiger partial charge in [0.25, 0.3) is 5.91 Å². The van der Waals surface area contributed by atoms with E-state index >= 15 is 17.6 Å². The number of hydrazine groups is 1. The predicted molar refractivity (Wildman–Crippen MR) is 283 cm³/mol. The summed E-state index contributed by atoms with van der Waals surface area (Å²) in [5.41, 5.74) is 4.37. The Balaban J connectivity index is 1.00. The van der Waals surface area contributed by atoms with Gasteiger partial charge in [0.05, 0.1) is 53.1 Å². The van der Waals surface area contributed by atoms with Crippen molar-refractivity contribution < 1.29 is 46.2 Å². The van der Waals surface area contributed by atoms with Crippen LogP contribution >= 0.6 is 11.3 Å². The van der Waals surface area contributed by atoms with Gasteiger partial charge in [-0.25, -0.2) is 14.8 Å². The Bertz CT molecular complexity index is 2910. The minimum atomic E-state index is -4.71. The molecular weight excluding hydrogens is 1020 g/mol. The zero-order valence-corrected chi connectivity index (χ0v) is 45.8. The van der Waals surface area contributed by atoms with Gasteiger partial charge in [-0.3, -0.25) is 39.0 Å². The zero-order chi connectivity index (χ0) is 54.2. The number of amides is 3. The molecule has 0 spiro atoms. The molecule has 7 heterocycles. The summed E-state index contributed by atoms with van der Waals surface area (Å²) in [6, 6.07) is 2.05. The third kappa shape index (κ3) is 11.1. The number of rotatable bonds is 12. The van der Waals surface area contributed by atoms with Gasteiger partial charge in [-0.1, -0.05) is 26.7 Å². The highest BCUT2D eigenvalue weighted by Gasteiger charge is 2.58. The largest absolute Gasteiger partial charge is 0.464 e. The second-order valence-corrected chi connectivity index (χ2v) is 24.6. The number of nitrogens with zero attached hydrogens (tertiary/aromatic N) is 8. The lowest BCUT2D eigenvalue weighted by Crippen LogP contribution is -2.62. The second kappa shape index (κ2) is 21.1. The van der Waals surface area contributed by atoms with Gasteiger partial charge in [0.1, 0.15) is 30.0 Å². The molecule has 2 N–H and O–H groups in total. The van der Waals surface area contributed by atoms with Crippen molar-refractivity contribution in [2.24, 2.45) is 17.3 Å². The number of fused-ring (bicyclic) bond motifs is 6. The third-order valence-electron chi connectivity index (χ3n) is 17.4. The molecule has 7 atom stereocenters. The van der Waals surface area contributed by atoms with Crippen LogP contribution in [0, 0.1) is 23.1 Å². The number of hydrogen-bond donors (Lipinski definition) is 2. The first-order valence-electron chi connectivity index (χ1n) is 27.7. The first kappa shape index (κ1) is 53.8. The molecule has 7 aliphatic rings. The summed E-state index contributed by atoms with van der Waals surface area (Å²) in [6.45, 7) is 8.74. The number of alkyl halides is 3. The van der Waals surface area contributed by atoms with E-state index < -0.39 is 65.8 Å². The van der Waals surface area contributed by atoms with Crippen LogP contribution in [0.2, 0.25) is 0 Å². The molecule has 6 fully saturated rings. The minimum Gasteiger partial charge on any atom is -0.464 e. The molecule has 11 rings (SSSR count). The summed E-state index contributed by atoms with van der Waals surface area (Å²) in [5, 5.41) is 6.50. The van der Waals surface area contributed by atoms with E-state index in [1.165, 1.54) is 25.0 Å². The summed E-state index contributed by atoms with van der Waals surface area (Å²) < 4.78 is 76.3. The number of methoxy groups -OCH3 is 1. The Hall–Kier alpha value is -5.22. The van der Waals surface area contributed by atoms with E-state index in [-0.39, 0.29) is 77.9 Å². The predicted octanol–water partition coefficient (Wildman–Crippen LogP) is 7.28. The van der Waals surface area contributed by atoms with Crippen LogP contribution in [0.25, 0.3) is 33.4 Å². The number of pyridine rings is 1. The van der Waals surface area contributed by atoms with Gasteiger partial charge in [-0.05, 0) is 101 Å². The third-order valence-corrected chi connectivity index (χ3v) is 18.3. The van der Waals surface area contributed by atoms with E-state index in [1.807, 2.05) is 27.0 Å². The van der Waals surface area contributed by atoms with Crippen LogP contribution in [-0.2, 0) is 48.0 Å². The number of carbonyl (C=O) groups excluding carboxylic acids is 4. The van der Waals surface area contributed by atoms with Gasteiger partial charge in [0.15, 0.2) is 0 Å². The molecule has 77 heavy (non-hydrogen) atoms. The Morgan fingerprint density at radius 2 is 1.74 bits per heavy atom. The van der Waals surface area contributed by atoms with Gasteiger partial charge in [0, 0.05) is 105 Å². The van der Waals surface area contributed by atoms with Crippen LogP contribution in [0.1, 0.15) is 107 Å². The highest BCUT2D eigenvalue weighted by atomic mass is 32.1. The molecule has 3 saturated heterocycles. The van der Waals surface area contributed by atoms with E-state index in [1.54, 1.807) is 41.1 Å². The molecule has 1 unspecified atom stereocenters. The first-order valence-corrected chi connectivity index (χ1v) is 28.6. The highest BCUT2D eigenvalue weighted by molar-refractivity contribution is 7.10. The van der Waals surface area contributed by atoms with Crippen LogP contribution in [-0.4, -0.2) is 161 Å². The summed E-state index contributed by atoms with van der Waals surface area (Å²) in [7, 11) is 5.15. The second-order valence-electron chi connectivity index (χ2n) is 23.7. The number of ether oxygens (including phenoxy) is 2. The first-order chi connectivity index (χ1) is 36.8. The van der Waals surface area contributed by atoms with Gasteiger partial charge in [-0.2, -0.15) is 13.2 Å². The van der Waals surface area contributed by atoms with Crippen LogP contribution in [0.3, 0.4) is 0 Å². The monoisotopic (exact) mass is 1090 g/mol. The molecular formula is C56H72F4N10O6S. The maximum absolute atomic E-state index is 17.1. The van der Waals surface area contributed by atoms with E-state index in [9.17, 15) is 19.2 Å². The van der Waals surface area contributed by atoms with Crippen LogP contribution < -0.4 is 15.6 Å². The lowest BCUT2D eigenvalue weighted by Gasteiger charge is -2.37. The summed E-state index contributed by atoms with van der Waals surface area (Å²) in [5.74, 6) is -2.15. The molecule has 4 aromatic rings. The molecule has 416 valence electrons. The Kier molecular flexibility index (Phi) is 14.7. The van der Waals surface area contributed by atoms with Gasteiger partial charge in [-0.15, -0.1) is 11.3 Å². The maximum Gasteiger partial charge on any atom is 0.393 e. The molecule has 0 radical (unpaired) electrons. The van der Waals surface area contributed by atoms with Crippen molar-refractivity contribution in [3.05, 3.63) is 51.9 Å². The number of anilines is 1. The van der Waals surface area contributed by atoms with Crippen molar-refractivity contribution in [2.45, 2.75) is 153 Å². The number of aromatic nitrogens is 3. The fourth-order valence-electron chi connectivity index (χ4n) is 12.9. The van der Waals surface area contributed by atoms with Crippen molar-refractivity contribution in [3.63, 3.8) is 0 Å². The van der Waals surface area contributed by atoms with Gasteiger partial charge < -0.3 is 29.2 Å².